The highest BCUT2D eigenvalue weighted by atomic mass is 19.3. The fraction of sp³-hybridized carbons (Fsp3) is 0.125. The third-order valence-corrected chi connectivity index (χ3v) is 3.40. The van der Waals surface area contributed by atoms with Gasteiger partial charge in [-0.2, -0.15) is 8.78 Å². The molecule has 0 spiro atoms. The van der Waals surface area contributed by atoms with Crippen molar-refractivity contribution in [1.82, 2.24) is 0 Å². The van der Waals surface area contributed by atoms with Gasteiger partial charge in [0, 0.05) is 5.56 Å². The summed E-state index contributed by atoms with van der Waals surface area (Å²) in [5.74, 6) is -3.31. The molecule has 1 aliphatic carbocycles. The average molecular weight is 258 g/mol. The van der Waals surface area contributed by atoms with Gasteiger partial charge >= 0.3 is 5.92 Å². The number of aliphatic hydroxyl groups is 1. The maximum atomic E-state index is 14.4. The first-order chi connectivity index (χ1) is 9.10. The van der Waals surface area contributed by atoms with E-state index in [4.69, 9.17) is 0 Å². The molecule has 96 valence electrons. The van der Waals surface area contributed by atoms with Crippen LogP contribution in [0.3, 0.4) is 0 Å². The number of rotatable bonds is 0. The molecule has 1 unspecified atom stereocenters. The molecule has 1 aliphatic rings. The van der Waals surface area contributed by atoms with Gasteiger partial charge in [-0.05, 0) is 16.7 Å². The minimum atomic E-state index is -3.31. The Kier molecular flexibility index (Phi) is 2.72. The van der Waals surface area contributed by atoms with Crippen LogP contribution in [0.1, 0.15) is 28.4 Å². The Morgan fingerprint density at radius 1 is 0.842 bits per heavy atom. The zero-order chi connectivity index (χ0) is 13.5. The lowest BCUT2D eigenvalue weighted by molar-refractivity contribution is -0.118. The van der Waals surface area contributed by atoms with Gasteiger partial charge in [0.25, 0.3) is 0 Å². The van der Waals surface area contributed by atoms with Gasteiger partial charge in [0.05, 0.1) is 0 Å². The molecule has 3 heteroatoms. The fourth-order valence-electron chi connectivity index (χ4n) is 2.38. The molecule has 0 saturated carbocycles. The van der Waals surface area contributed by atoms with E-state index >= 15 is 0 Å². The molecule has 0 amide bonds. The van der Waals surface area contributed by atoms with Gasteiger partial charge < -0.3 is 5.11 Å². The third-order valence-electron chi connectivity index (χ3n) is 3.40. The van der Waals surface area contributed by atoms with Crippen LogP contribution in [0.4, 0.5) is 8.78 Å². The molecule has 1 atom stereocenters. The average Bonchev–Trinajstić information content (AvgIpc) is 2.44. The summed E-state index contributed by atoms with van der Waals surface area (Å²) in [5.41, 5.74) is 1.15. The van der Waals surface area contributed by atoms with Crippen molar-refractivity contribution in [3.63, 3.8) is 0 Å². The molecule has 0 aliphatic heterocycles. The van der Waals surface area contributed by atoms with Crippen LogP contribution in [0.5, 0.6) is 0 Å². The van der Waals surface area contributed by atoms with Crippen LogP contribution in [-0.4, -0.2) is 5.11 Å². The summed E-state index contributed by atoms with van der Waals surface area (Å²) in [6.45, 7) is 0. The van der Waals surface area contributed by atoms with E-state index in [2.05, 4.69) is 0 Å². The van der Waals surface area contributed by atoms with Crippen LogP contribution in [0.2, 0.25) is 0 Å². The first-order valence-corrected chi connectivity index (χ1v) is 6.03. The van der Waals surface area contributed by atoms with Crippen molar-refractivity contribution in [2.45, 2.75) is 12.0 Å². The topological polar surface area (TPSA) is 20.2 Å². The lowest BCUT2D eigenvalue weighted by atomic mass is 9.88. The second-order valence-corrected chi connectivity index (χ2v) is 4.58. The van der Waals surface area contributed by atoms with Gasteiger partial charge in [-0.15, -0.1) is 0 Å². The summed E-state index contributed by atoms with van der Waals surface area (Å²) in [6, 6.07) is 12.9. The number of alkyl halides is 2. The van der Waals surface area contributed by atoms with E-state index in [-0.39, 0.29) is 11.1 Å². The van der Waals surface area contributed by atoms with Gasteiger partial charge in [0.2, 0.25) is 0 Å². The molecule has 0 radical (unpaired) electrons. The maximum Gasteiger partial charge on any atom is 0.303 e. The van der Waals surface area contributed by atoms with Crippen molar-refractivity contribution in [2.24, 2.45) is 0 Å². The highest BCUT2D eigenvalue weighted by Gasteiger charge is 2.43. The van der Waals surface area contributed by atoms with E-state index in [1.165, 1.54) is 12.1 Å². The summed E-state index contributed by atoms with van der Waals surface area (Å²) < 4.78 is 28.9. The predicted octanol–water partition coefficient (Wildman–Crippen LogP) is 4.00. The van der Waals surface area contributed by atoms with Crippen molar-refractivity contribution in [2.75, 3.05) is 0 Å². The lowest BCUT2D eigenvalue weighted by Gasteiger charge is -2.27. The Morgan fingerprint density at radius 3 is 2.21 bits per heavy atom. The molecular weight excluding hydrogens is 246 g/mol. The molecule has 1 N–H and O–H groups in total. The highest BCUT2D eigenvalue weighted by Crippen LogP contribution is 2.44. The number of aliphatic hydroxyl groups excluding tert-OH is 1. The zero-order valence-electron chi connectivity index (χ0n) is 10.1. The van der Waals surface area contributed by atoms with Crippen LogP contribution < -0.4 is 0 Å². The van der Waals surface area contributed by atoms with E-state index in [1.54, 1.807) is 48.6 Å². The zero-order valence-corrected chi connectivity index (χ0v) is 10.1. The number of hydrogen-bond donors (Lipinski definition) is 1. The molecule has 0 heterocycles. The minimum Gasteiger partial charge on any atom is -0.382 e. The third kappa shape index (κ3) is 1.87. The molecule has 3 rings (SSSR count). The van der Waals surface area contributed by atoms with E-state index in [1.807, 2.05) is 0 Å². The molecule has 19 heavy (non-hydrogen) atoms. The van der Waals surface area contributed by atoms with E-state index in [9.17, 15) is 13.9 Å². The first kappa shape index (κ1) is 12.1. The standard InChI is InChI=1S/C16H12F2O/c17-16(18)14-8-4-2-6-12(14)10-9-11-5-1-3-7-13(11)15(16)19/h1-10,15,19H. The maximum absolute atomic E-state index is 14.4. The van der Waals surface area contributed by atoms with Gasteiger partial charge in [0.15, 0.2) is 0 Å². The van der Waals surface area contributed by atoms with Crippen LogP contribution in [0.15, 0.2) is 48.5 Å². The largest absolute Gasteiger partial charge is 0.382 e. The Bertz CT molecular complexity index is 647. The molecule has 1 nitrogen and oxygen atoms in total. The quantitative estimate of drug-likeness (QED) is 0.757. The van der Waals surface area contributed by atoms with Crippen molar-refractivity contribution < 1.29 is 13.9 Å². The van der Waals surface area contributed by atoms with E-state index < -0.39 is 12.0 Å². The van der Waals surface area contributed by atoms with Gasteiger partial charge in [-0.3, -0.25) is 0 Å². The van der Waals surface area contributed by atoms with Crippen molar-refractivity contribution >= 4 is 12.2 Å². The molecule has 2 aromatic rings. The molecular formula is C16H12F2O. The van der Waals surface area contributed by atoms with Gasteiger partial charge in [-0.25, -0.2) is 0 Å². The second kappa shape index (κ2) is 4.28. The van der Waals surface area contributed by atoms with Crippen LogP contribution in [-0.2, 0) is 5.92 Å². The Balaban J connectivity index is 2.29. The molecule has 2 aromatic carbocycles. The van der Waals surface area contributed by atoms with Crippen LogP contribution in [0.25, 0.3) is 12.2 Å². The van der Waals surface area contributed by atoms with Gasteiger partial charge in [0.1, 0.15) is 6.10 Å². The second-order valence-electron chi connectivity index (χ2n) is 4.58. The van der Waals surface area contributed by atoms with Crippen molar-refractivity contribution in [3.05, 3.63) is 70.8 Å². The number of benzene rings is 2. The van der Waals surface area contributed by atoms with Crippen LogP contribution in [0, 0.1) is 0 Å². The van der Waals surface area contributed by atoms with E-state index in [0.717, 1.165) is 0 Å². The smallest absolute Gasteiger partial charge is 0.303 e. The minimum absolute atomic E-state index is 0.145. The summed E-state index contributed by atoms with van der Waals surface area (Å²) in [6.07, 6.45) is 1.58. The lowest BCUT2D eigenvalue weighted by Crippen LogP contribution is -2.26. The summed E-state index contributed by atoms with van der Waals surface area (Å²) >= 11 is 0. The number of hydrogen-bond acceptors (Lipinski definition) is 1. The summed E-state index contributed by atoms with van der Waals surface area (Å²) in [5, 5.41) is 10.1. The number of fused-ring (bicyclic) bond motifs is 2. The SMILES string of the molecule is OC1c2ccccc2C=Cc2ccccc2C1(F)F. The Labute approximate surface area is 109 Å². The molecule has 0 aromatic heterocycles. The first-order valence-electron chi connectivity index (χ1n) is 6.03. The highest BCUT2D eigenvalue weighted by molar-refractivity contribution is 5.74. The molecule has 0 fully saturated rings. The Morgan fingerprint density at radius 2 is 1.42 bits per heavy atom. The Hall–Kier alpha value is -2.00. The molecule has 0 bridgehead atoms. The monoisotopic (exact) mass is 258 g/mol. The summed E-state index contributed by atoms with van der Waals surface area (Å²) in [7, 11) is 0. The fourth-order valence-corrected chi connectivity index (χ4v) is 2.38. The normalized spacial score (nSPS) is 20.1. The van der Waals surface area contributed by atoms with Crippen molar-refractivity contribution in [3.8, 4) is 0 Å². The van der Waals surface area contributed by atoms with Gasteiger partial charge in [-0.1, -0.05) is 60.7 Å². The molecule has 0 saturated heterocycles. The number of halogens is 2. The van der Waals surface area contributed by atoms with Crippen molar-refractivity contribution in [1.29, 1.82) is 0 Å². The van der Waals surface area contributed by atoms with E-state index in [0.29, 0.717) is 11.1 Å². The predicted molar refractivity (Wildman–Crippen MR) is 70.7 cm³/mol. The summed E-state index contributed by atoms with van der Waals surface area (Å²) in [4.78, 5) is 0. The van der Waals surface area contributed by atoms with Crippen LogP contribution >= 0.6 is 0 Å².